The molecule has 5 atom stereocenters. The van der Waals surface area contributed by atoms with Crippen LogP contribution in [0.5, 0.6) is 0 Å². The fraction of sp³-hybridized carbons (Fsp3) is 0.324. The van der Waals surface area contributed by atoms with Crippen molar-refractivity contribution in [3.63, 3.8) is 0 Å². The molecule has 0 saturated carbocycles. The van der Waals surface area contributed by atoms with Crippen LogP contribution in [0.2, 0.25) is 0 Å². The molecular weight excluding hydrogens is 556 g/mol. The summed E-state index contributed by atoms with van der Waals surface area (Å²) in [5, 5.41) is 0. The topological polar surface area (TPSA) is 72.5 Å². The summed E-state index contributed by atoms with van der Waals surface area (Å²) in [6, 6.07) is 39.8. The van der Waals surface area contributed by atoms with Crippen LogP contribution in [-0.2, 0) is 59.6 Å². The van der Waals surface area contributed by atoms with Gasteiger partial charge in [0.2, 0.25) is 0 Å². The van der Waals surface area contributed by atoms with Gasteiger partial charge in [-0.25, -0.2) is 0 Å². The van der Waals surface area contributed by atoms with Gasteiger partial charge in [0.05, 0.1) is 52.7 Å². The standard InChI is InChI=1S/C37H40O7/c1-39-34(38)22-32-35(41-24-29-16-8-3-9-17-29)37(43-26-31-20-12-5-13-21-31)36(42-25-30-18-10-4-11-19-30)33(44-32)27-40-23-28-14-6-2-7-15-28/h2-21,32-33,35-37H,22-27H2,1H3/t32-,33+,35-,36+,37+/m0/s1. The molecule has 7 nitrogen and oxygen atoms in total. The second-order valence-electron chi connectivity index (χ2n) is 10.8. The highest BCUT2D eigenvalue weighted by Gasteiger charge is 2.49. The molecule has 0 spiro atoms. The molecule has 0 aromatic heterocycles. The van der Waals surface area contributed by atoms with Crippen LogP contribution in [-0.4, -0.2) is 50.2 Å². The minimum absolute atomic E-state index is 0.00173. The summed E-state index contributed by atoms with van der Waals surface area (Å²) in [5.41, 5.74) is 4.10. The van der Waals surface area contributed by atoms with E-state index in [0.717, 1.165) is 22.3 Å². The van der Waals surface area contributed by atoms with Crippen molar-refractivity contribution < 1.29 is 33.2 Å². The molecule has 1 aliphatic rings. The molecule has 0 bridgehead atoms. The van der Waals surface area contributed by atoms with Gasteiger partial charge in [0.25, 0.3) is 0 Å². The van der Waals surface area contributed by atoms with Crippen molar-refractivity contribution in [2.75, 3.05) is 13.7 Å². The summed E-state index contributed by atoms with van der Waals surface area (Å²) >= 11 is 0. The average Bonchev–Trinajstić information content (AvgIpc) is 3.08. The van der Waals surface area contributed by atoms with E-state index in [0.29, 0.717) is 26.4 Å². The third kappa shape index (κ3) is 9.32. The Balaban J connectivity index is 1.43. The lowest BCUT2D eigenvalue weighted by Crippen LogP contribution is -2.61. The minimum Gasteiger partial charge on any atom is -0.469 e. The SMILES string of the molecule is COC(=O)C[C@@H]1O[C@H](COCc2ccccc2)[C@@H](OCc2ccccc2)[C@H](OCc2ccccc2)[C@H]1OCc1ccccc1. The van der Waals surface area contributed by atoms with E-state index in [9.17, 15) is 4.79 Å². The van der Waals surface area contributed by atoms with E-state index in [-0.39, 0.29) is 13.0 Å². The van der Waals surface area contributed by atoms with E-state index in [1.165, 1.54) is 7.11 Å². The molecule has 1 saturated heterocycles. The number of hydrogen-bond donors (Lipinski definition) is 0. The van der Waals surface area contributed by atoms with Crippen molar-refractivity contribution in [3.8, 4) is 0 Å². The van der Waals surface area contributed by atoms with Gasteiger partial charge in [-0.05, 0) is 22.3 Å². The Kier molecular flexibility index (Phi) is 12.1. The summed E-state index contributed by atoms with van der Waals surface area (Å²) in [7, 11) is 1.38. The lowest BCUT2D eigenvalue weighted by Gasteiger charge is -2.46. The zero-order valence-corrected chi connectivity index (χ0v) is 25.0. The summed E-state index contributed by atoms with van der Waals surface area (Å²) in [5.74, 6) is -0.391. The fourth-order valence-corrected chi connectivity index (χ4v) is 5.30. The molecule has 0 radical (unpaired) electrons. The van der Waals surface area contributed by atoms with Gasteiger partial charge in [-0.1, -0.05) is 121 Å². The molecule has 44 heavy (non-hydrogen) atoms. The molecule has 230 valence electrons. The first-order valence-corrected chi connectivity index (χ1v) is 15.0. The first-order valence-electron chi connectivity index (χ1n) is 15.0. The fourth-order valence-electron chi connectivity index (χ4n) is 5.30. The maximum atomic E-state index is 12.6. The van der Waals surface area contributed by atoms with Crippen molar-refractivity contribution in [1.82, 2.24) is 0 Å². The summed E-state index contributed by atoms with van der Waals surface area (Å²) in [6.07, 6.45) is -2.92. The molecule has 4 aromatic carbocycles. The lowest BCUT2D eigenvalue weighted by molar-refractivity contribution is -0.273. The van der Waals surface area contributed by atoms with E-state index in [4.69, 9.17) is 28.4 Å². The maximum Gasteiger partial charge on any atom is 0.308 e. The first-order chi connectivity index (χ1) is 21.7. The van der Waals surface area contributed by atoms with Gasteiger partial charge in [0.15, 0.2) is 0 Å². The van der Waals surface area contributed by atoms with E-state index >= 15 is 0 Å². The number of esters is 1. The number of benzene rings is 4. The molecule has 7 heteroatoms. The van der Waals surface area contributed by atoms with Crippen LogP contribution >= 0.6 is 0 Å². The average molecular weight is 597 g/mol. The van der Waals surface area contributed by atoms with Crippen molar-refractivity contribution >= 4 is 5.97 Å². The van der Waals surface area contributed by atoms with Crippen molar-refractivity contribution in [2.45, 2.75) is 63.4 Å². The largest absolute Gasteiger partial charge is 0.469 e. The number of ether oxygens (including phenoxy) is 6. The Morgan fingerprint density at radius 3 is 1.36 bits per heavy atom. The van der Waals surface area contributed by atoms with Crippen LogP contribution in [0.15, 0.2) is 121 Å². The molecular formula is C37H40O7. The Labute approximate surface area is 259 Å². The smallest absolute Gasteiger partial charge is 0.308 e. The number of rotatable bonds is 15. The summed E-state index contributed by atoms with van der Waals surface area (Å²) in [4.78, 5) is 12.6. The van der Waals surface area contributed by atoms with Crippen LogP contribution in [0.1, 0.15) is 28.7 Å². The molecule has 1 heterocycles. The van der Waals surface area contributed by atoms with E-state index in [2.05, 4.69) is 0 Å². The highest BCUT2D eigenvalue weighted by atomic mass is 16.6. The monoisotopic (exact) mass is 596 g/mol. The van der Waals surface area contributed by atoms with Gasteiger partial charge < -0.3 is 28.4 Å². The van der Waals surface area contributed by atoms with Gasteiger partial charge in [-0.2, -0.15) is 0 Å². The first kappa shape index (κ1) is 31.6. The van der Waals surface area contributed by atoms with Gasteiger partial charge in [-0.15, -0.1) is 0 Å². The quantitative estimate of drug-likeness (QED) is 0.149. The third-order valence-corrected chi connectivity index (χ3v) is 7.58. The Hall–Kier alpha value is -3.85. The normalized spacial score (nSPS) is 21.5. The molecule has 0 unspecified atom stereocenters. The van der Waals surface area contributed by atoms with Gasteiger partial charge >= 0.3 is 5.97 Å². The van der Waals surface area contributed by atoms with Gasteiger partial charge in [0.1, 0.15) is 24.4 Å². The highest BCUT2D eigenvalue weighted by Crippen LogP contribution is 2.32. The second kappa shape index (κ2) is 16.9. The molecule has 1 aliphatic heterocycles. The molecule has 0 N–H and O–H groups in total. The van der Waals surface area contributed by atoms with Crippen molar-refractivity contribution in [2.24, 2.45) is 0 Å². The van der Waals surface area contributed by atoms with E-state index in [1.807, 2.05) is 121 Å². The van der Waals surface area contributed by atoms with Crippen LogP contribution in [0.3, 0.4) is 0 Å². The third-order valence-electron chi connectivity index (χ3n) is 7.58. The summed E-state index contributed by atoms with van der Waals surface area (Å²) in [6.45, 7) is 1.66. The minimum atomic E-state index is -0.645. The van der Waals surface area contributed by atoms with Crippen LogP contribution in [0, 0.1) is 0 Å². The van der Waals surface area contributed by atoms with Crippen molar-refractivity contribution in [3.05, 3.63) is 144 Å². The molecule has 0 aliphatic carbocycles. The number of methoxy groups -OCH3 is 1. The number of carbonyl (C=O) groups excluding carboxylic acids is 1. The highest BCUT2D eigenvalue weighted by molar-refractivity contribution is 5.69. The Morgan fingerprint density at radius 2 is 0.932 bits per heavy atom. The van der Waals surface area contributed by atoms with Gasteiger partial charge in [-0.3, -0.25) is 4.79 Å². The Morgan fingerprint density at radius 1 is 0.545 bits per heavy atom. The molecule has 4 aromatic rings. The molecule has 1 fully saturated rings. The predicted octanol–water partition coefficient (Wildman–Crippen LogP) is 6.29. The predicted molar refractivity (Wildman–Crippen MR) is 166 cm³/mol. The van der Waals surface area contributed by atoms with Crippen LogP contribution < -0.4 is 0 Å². The van der Waals surface area contributed by atoms with Crippen molar-refractivity contribution in [1.29, 1.82) is 0 Å². The number of carbonyl (C=O) groups is 1. The lowest BCUT2D eigenvalue weighted by atomic mass is 9.92. The van der Waals surface area contributed by atoms with Gasteiger partial charge in [0, 0.05) is 0 Å². The maximum absolute atomic E-state index is 12.6. The number of hydrogen-bond acceptors (Lipinski definition) is 7. The molecule has 5 rings (SSSR count). The van der Waals surface area contributed by atoms with Crippen LogP contribution in [0.4, 0.5) is 0 Å². The van der Waals surface area contributed by atoms with E-state index in [1.54, 1.807) is 0 Å². The Bertz CT molecular complexity index is 1370. The molecule has 0 amide bonds. The second-order valence-corrected chi connectivity index (χ2v) is 10.8. The zero-order valence-electron chi connectivity index (χ0n) is 25.0. The zero-order chi connectivity index (χ0) is 30.4. The summed E-state index contributed by atoms with van der Waals surface area (Å²) < 4.78 is 37.7. The van der Waals surface area contributed by atoms with Crippen LogP contribution in [0.25, 0.3) is 0 Å². The van der Waals surface area contributed by atoms with E-state index < -0.39 is 36.5 Å².